The first-order valence-corrected chi connectivity index (χ1v) is 6.98. The number of ether oxygens (including phenoxy) is 1. The van der Waals surface area contributed by atoms with Gasteiger partial charge in [0.1, 0.15) is 0 Å². The molecule has 1 aliphatic rings. The van der Waals surface area contributed by atoms with Crippen molar-refractivity contribution in [1.82, 2.24) is 5.32 Å². The van der Waals surface area contributed by atoms with Crippen molar-refractivity contribution in [3.05, 3.63) is 0 Å². The van der Waals surface area contributed by atoms with Crippen molar-refractivity contribution < 1.29 is 10.2 Å². The van der Waals surface area contributed by atoms with Crippen LogP contribution in [-0.2, 0) is 4.74 Å². The largest absolute Gasteiger partial charge is 0.412 e. The summed E-state index contributed by atoms with van der Waals surface area (Å²) in [6.07, 6.45) is 2.65. The summed E-state index contributed by atoms with van der Waals surface area (Å²) in [6.45, 7) is 15.0. The van der Waals surface area contributed by atoms with E-state index in [1.54, 1.807) is 0 Å². The lowest BCUT2D eigenvalue weighted by molar-refractivity contribution is 0.0572. The summed E-state index contributed by atoms with van der Waals surface area (Å²) in [7, 11) is 0. The predicted molar refractivity (Wildman–Crippen MR) is 75.4 cm³/mol. The monoisotopic (exact) mass is 247 g/mol. The van der Waals surface area contributed by atoms with Gasteiger partial charge >= 0.3 is 0 Å². The Hall–Kier alpha value is -0.120. The number of hydrogen-bond acceptors (Lipinski definition) is 2. The first kappa shape index (κ1) is 19.2. The smallest absolute Gasteiger partial charge is 0.0506 e. The lowest BCUT2D eigenvalue weighted by atomic mass is 9.99. The maximum absolute atomic E-state index is 5.76. The topological polar surface area (TPSA) is 52.8 Å². The van der Waals surface area contributed by atoms with Crippen molar-refractivity contribution in [3.8, 4) is 0 Å². The SMILES string of the molecule is CC.CC(C)C(C)COC[C@H]1CCCNC1.O. The van der Waals surface area contributed by atoms with Crippen LogP contribution in [0.3, 0.4) is 0 Å². The van der Waals surface area contributed by atoms with Crippen LogP contribution in [0.5, 0.6) is 0 Å². The van der Waals surface area contributed by atoms with Gasteiger partial charge in [0, 0.05) is 13.2 Å². The molecule has 1 heterocycles. The van der Waals surface area contributed by atoms with E-state index in [1.165, 1.54) is 19.4 Å². The van der Waals surface area contributed by atoms with E-state index in [9.17, 15) is 0 Å². The van der Waals surface area contributed by atoms with Gasteiger partial charge in [-0.3, -0.25) is 0 Å². The van der Waals surface area contributed by atoms with E-state index in [-0.39, 0.29) is 5.48 Å². The summed E-state index contributed by atoms with van der Waals surface area (Å²) < 4.78 is 5.76. The van der Waals surface area contributed by atoms with Gasteiger partial charge in [0.2, 0.25) is 0 Å². The van der Waals surface area contributed by atoms with Gasteiger partial charge in [-0.2, -0.15) is 0 Å². The molecule has 3 heteroatoms. The molecule has 1 unspecified atom stereocenters. The van der Waals surface area contributed by atoms with Crippen molar-refractivity contribution in [2.45, 2.75) is 47.5 Å². The molecule has 0 amide bonds. The lowest BCUT2D eigenvalue weighted by Gasteiger charge is -2.24. The van der Waals surface area contributed by atoms with Gasteiger partial charge in [-0.05, 0) is 37.1 Å². The van der Waals surface area contributed by atoms with Crippen LogP contribution in [0.25, 0.3) is 0 Å². The van der Waals surface area contributed by atoms with E-state index < -0.39 is 0 Å². The van der Waals surface area contributed by atoms with Crippen LogP contribution in [0.1, 0.15) is 47.5 Å². The fraction of sp³-hybridized carbons (Fsp3) is 1.00. The molecule has 0 radical (unpaired) electrons. The molecule has 106 valence electrons. The molecule has 1 rings (SSSR count). The third-order valence-corrected chi connectivity index (χ3v) is 3.27. The molecule has 0 spiro atoms. The highest BCUT2D eigenvalue weighted by molar-refractivity contribution is 4.68. The molecular formula is C14H33NO2. The number of rotatable bonds is 5. The zero-order valence-corrected chi connectivity index (χ0v) is 12.4. The van der Waals surface area contributed by atoms with Gasteiger partial charge in [0.25, 0.3) is 0 Å². The Morgan fingerprint density at radius 1 is 1.24 bits per heavy atom. The van der Waals surface area contributed by atoms with Crippen LogP contribution < -0.4 is 5.32 Å². The van der Waals surface area contributed by atoms with E-state index in [1.807, 2.05) is 13.8 Å². The average molecular weight is 247 g/mol. The van der Waals surface area contributed by atoms with Crippen molar-refractivity contribution in [3.63, 3.8) is 0 Å². The van der Waals surface area contributed by atoms with Crippen LogP contribution in [0.2, 0.25) is 0 Å². The fourth-order valence-corrected chi connectivity index (χ4v) is 1.68. The summed E-state index contributed by atoms with van der Waals surface area (Å²) in [5, 5.41) is 3.42. The Morgan fingerprint density at radius 2 is 1.88 bits per heavy atom. The number of piperidine rings is 1. The normalized spacial score (nSPS) is 21.2. The zero-order chi connectivity index (χ0) is 12.4. The first-order chi connectivity index (χ1) is 7.70. The van der Waals surface area contributed by atoms with Gasteiger partial charge in [0.05, 0.1) is 6.61 Å². The van der Waals surface area contributed by atoms with Gasteiger partial charge in [-0.1, -0.05) is 34.6 Å². The summed E-state index contributed by atoms with van der Waals surface area (Å²) in [5.41, 5.74) is 0. The van der Waals surface area contributed by atoms with Crippen LogP contribution in [0.4, 0.5) is 0 Å². The highest BCUT2D eigenvalue weighted by Gasteiger charge is 2.14. The molecule has 0 aromatic rings. The summed E-state index contributed by atoms with van der Waals surface area (Å²) in [5.74, 6) is 2.18. The molecular weight excluding hydrogens is 214 g/mol. The molecule has 1 fully saturated rings. The Bertz CT molecular complexity index is 145. The van der Waals surface area contributed by atoms with Crippen LogP contribution in [0, 0.1) is 17.8 Å². The Balaban J connectivity index is 0. The molecule has 1 aliphatic heterocycles. The minimum absolute atomic E-state index is 0. The van der Waals surface area contributed by atoms with E-state index in [4.69, 9.17) is 4.74 Å². The molecule has 2 atom stereocenters. The maximum atomic E-state index is 5.76. The highest BCUT2D eigenvalue weighted by atomic mass is 16.5. The summed E-state index contributed by atoms with van der Waals surface area (Å²) in [4.78, 5) is 0. The van der Waals surface area contributed by atoms with E-state index in [0.717, 1.165) is 31.6 Å². The molecule has 3 nitrogen and oxygen atoms in total. The van der Waals surface area contributed by atoms with Crippen LogP contribution >= 0.6 is 0 Å². The predicted octanol–water partition coefficient (Wildman–Crippen LogP) is 2.50. The quantitative estimate of drug-likeness (QED) is 0.811. The molecule has 3 N–H and O–H groups in total. The second kappa shape index (κ2) is 12.3. The molecule has 0 aromatic carbocycles. The lowest BCUT2D eigenvalue weighted by Crippen LogP contribution is -2.32. The van der Waals surface area contributed by atoms with Crippen molar-refractivity contribution >= 4 is 0 Å². The molecule has 17 heavy (non-hydrogen) atoms. The number of hydrogen-bond donors (Lipinski definition) is 1. The van der Waals surface area contributed by atoms with Gasteiger partial charge in [-0.25, -0.2) is 0 Å². The Morgan fingerprint density at radius 3 is 2.35 bits per heavy atom. The van der Waals surface area contributed by atoms with Crippen LogP contribution in [0.15, 0.2) is 0 Å². The van der Waals surface area contributed by atoms with E-state index in [0.29, 0.717) is 5.92 Å². The molecule has 1 saturated heterocycles. The maximum Gasteiger partial charge on any atom is 0.0506 e. The fourth-order valence-electron chi connectivity index (χ4n) is 1.68. The first-order valence-electron chi connectivity index (χ1n) is 6.98. The Kier molecular flexibility index (Phi) is 14.0. The molecule has 0 bridgehead atoms. The minimum atomic E-state index is 0. The molecule has 0 saturated carbocycles. The minimum Gasteiger partial charge on any atom is -0.412 e. The number of nitrogens with one attached hydrogen (secondary N) is 1. The average Bonchev–Trinajstić information content (AvgIpc) is 2.33. The van der Waals surface area contributed by atoms with E-state index in [2.05, 4.69) is 26.1 Å². The molecule has 0 aliphatic carbocycles. The Labute approximate surface area is 108 Å². The second-order valence-corrected chi connectivity index (χ2v) is 4.97. The third kappa shape index (κ3) is 9.57. The van der Waals surface area contributed by atoms with E-state index >= 15 is 0 Å². The van der Waals surface area contributed by atoms with Crippen LogP contribution in [-0.4, -0.2) is 31.8 Å². The standard InChI is InChI=1S/C12H25NO.C2H6.H2O/c1-10(2)11(3)8-14-9-12-5-4-6-13-7-12;1-2;/h10-13H,4-9H2,1-3H3;1-2H3;1H2/t11?,12-;;/m0../s1. The molecule has 0 aromatic heterocycles. The summed E-state index contributed by atoms with van der Waals surface area (Å²) >= 11 is 0. The zero-order valence-electron chi connectivity index (χ0n) is 12.4. The summed E-state index contributed by atoms with van der Waals surface area (Å²) in [6, 6.07) is 0. The van der Waals surface area contributed by atoms with Gasteiger partial charge < -0.3 is 15.5 Å². The van der Waals surface area contributed by atoms with Crippen molar-refractivity contribution in [2.24, 2.45) is 17.8 Å². The third-order valence-electron chi connectivity index (χ3n) is 3.27. The van der Waals surface area contributed by atoms with Gasteiger partial charge in [0.15, 0.2) is 0 Å². The second-order valence-electron chi connectivity index (χ2n) is 4.97. The van der Waals surface area contributed by atoms with Crippen molar-refractivity contribution in [2.75, 3.05) is 26.3 Å². The highest BCUT2D eigenvalue weighted by Crippen LogP contribution is 2.13. The van der Waals surface area contributed by atoms with Gasteiger partial charge in [-0.15, -0.1) is 0 Å². The van der Waals surface area contributed by atoms with Crippen molar-refractivity contribution in [1.29, 1.82) is 0 Å².